The summed E-state index contributed by atoms with van der Waals surface area (Å²) in [5, 5.41) is 0. The Morgan fingerprint density at radius 2 is 2.00 bits per heavy atom. The van der Waals surface area contributed by atoms with Crippen molar-refractivity contribution in [2.24, 2.45) is 5.92 Å². The first-order valence-electron chi connectivity index (χ1n) is 10.8. The molecule has 1 aliphatic carbocycles. The van der Waals surface area contributed by atoms with E-state index in [9.17, 15) is 14.0 Å². The maximum atomic E-state index is 14.4. The first kappa shape index (κ1) is 20.4. The molecule has 1 saturated carbocycles. The van der Waals surface area contributed by atoms with E-state index in [1.54, 1.807) is 35.1 Å². The van der Waals surface area contributed by atoms with Crippen molar-refractivity contribution >= 4 is 29.3 Å². The van der Waals surface area contributed by atoms with Crippen molar-refractivity contribution in [3.8, 4) is 5.75 Å². The lowest BCUT2D eigenvalue weighted by atomic mass is 10.0. The van der Waals surface area contributed by atoms with Crippen LogP contribution in [0.4, 0.5) is 10.1 Å². The number of hydrogen-bond acceptors (Lipinski definition) is 4. The summed E-state index contributed by atoms with van der Waals surface area (Å²) in [7, 11) is 1.59. The summed E-state index contributed by atoms with van der Waals surface area (Å²) in [5.74, 6) is 0.862. The standard InChI is InChI=1S/C24H25FN2O3S/c1-30-18-10-11-21-19(14-18)24(23(29)26(21)15-17-8-4-5-9-20(17)25)27(12-13-31-24)22(28)16-6-2-3-7-16/h4-5,8-11,14,16H,2-3,6-7,12-13,15H2,1H3/t24-/m1/s1. The number of carbonyl (C=O) groups excluding carboxylic acids is 2. The Hall–Kier alpha value is -2.54. The predicted molar refractivity (Wildman–Crippen MR) is 118 cm³/mol. The van der Waals surface area contributed by atoms with Crippen molar-refractivity contribution in [2.75, 3.05) is 24.3 Å². The quantitative estimate of drug-likeness (QED) is 0.711. The van der Waals surface area contributed by atoms with E-state index in [2.05, 4.69) is 0 Å². The first-order chi connectivity index (χ1) is 15.1. The zero-order valence-corrected chi connectivity index (χ0v) is 18.3. The number of carbonyl (C=O) groups is 2. The summed E-state index contributed by atoms with van der Waals surface area (Å²) < 4.78 is 19.9. The highest BCUT2D eigenvalue weighted by atomic mass is 32.2. The molecule has 1 spiro atoms. The summed E-state index contributed by atoms with van der Waals surface area (Å²) in [6, 6.07) is 12.0. The van der Waals surface area contributed by atoms with Crippen LogP contribution in [-0.2, 0) is 21.0 Å². The molecule has 0 N–H and O–H groups in total. The average Bonchev–Trinajstić information content (AvgIpc) is 3.52. The lowest BCUT2D eigenvalue weighted by molar-refractivity contribution is -0.143. The second kappa shape index (κ2) is 7.86. The van der Waals surface area contributed by atoms with Crippen LogP contribution in [0.25, 0.3) is 0 Å². The van der Waals surface area contributed by atoms with Gasteiger partial charge in [0.15, 0.2) is 4.87 Å². The lowest BCUT2D eigenvalue weighted by Gasteiger charge is -2.35. The number of anilines is 1. The molecule has 2 heterocycles. The Labute approximate surface area is 185 Å². The van der Waals surface area contributed by atoms with Crippen LogP contribution < -0.4 is 9.64 Å². The topological polar surface area (TPSA) is 49.9 Å². The van der Waals surface area contributed by atoms with Gasteiger partial charge in [0.05, 0.1) is 19.3 Å². The molecule has 3 aliphatic rings. The Kier molecular flexibility index (Phi) is 5.16. The molecule has 1 atom stereocenters. The molecule has 1 saturated heterocycles. The van der Waals surface area contributed by atoms with Crippen LogP contribution in [-0.4, -0.2) is 36.1 Å². The van der Waals surface area contributed by atoms with E-state index in [1.807, 2.05) is 18.2 Å². The normalized spacial score (nSPS) is 23.1. The minimum atomic E-state index is -1.10. The van der Waals surface area contributed by atoms with E-state index in [0.717, 1.165) is 31.2 Å². The van der Waals surface area contributed by atoms with Crippen LogP contribution in [0.1, 0.15) is 36.8 Å². The molecule has 162 valence electrons. The number of benzene rings is 2. The summed E-state index contributed by atoms with van der Waals surface area (Å²) in [6.07, 6.45) is 3.88. The Morgan fingerprint density at radius 1 is 1.23 bits per heavy atom. The summed E-state index contributed by atoms with van der Waals surface area (Å²) in [6.45, 7) is 0.661. The number of rotatable bonds is 4. The van der Waals surface area contributed by atoms with Gasteiger partial charge in [0.25, 0.3) is 5.91 Å². The van der Waals surface area contributed by atoms with E-state index in [1.165, 1.54) is 17.8 Å². The third-order valence-electron chi connectivity index (χ3n) is 6.66. The lowest BCUT2D eigenvalue weighted by Crippen LogP contribution is -2.51. The van der Waals surface area contributed by atoms with E-state index < -0.39 is 4.87 Å². The van der Waals surface area contributed by atoms with Crippen LogP contribution in [0, 0.1) is 11.7 Å². The van der Waals surface area contributed by atoms with Gasteiger partial charge < -0.3 is 14.5 Å². The summed E-state index contributed by atoms with van der Waals surface area (Å²) in [5.41, 5.74) is 1.93. The van der Waals surface area contributed by atoms with Gasteiger partial charge in [-0.25, -0.2) is 4.39 Å². The average molecular weight is 441 g/mol. The fraction of sp³-hybridized carbons (Fsp3) is 0.417. The largest absolute Gasteiger partial charge is 0.497 e. The highest BCUT2D eigenvalue weighted by Gasteiger charge is 2.60. The van der Waals surface area contributed by atoms with Crippen LogP contribution in [0.3, 0.4) is 0 Å². The highest BCUT2D eigenvalue weighted by Crippen LogP contribution is 2.56. The van der Waals surface area contributed by atoms with Gasteiger partial charge in [-0.05, 0) is 37.1 Å². The van der Waals surface area contributed by atoms with E-state index in [0.29, 0.717) is 29.3 Å². The molecule has 2 aromatic rings. The van der Waals surface area contributed by atoms with Gasteiger partial charge in [0.1, 0.15) is 11.6 Å². The molecule has 7 heteroatoms. The van der Waals surface area contributed by atoms with Gasteiger partial charge in [-0.1, -0.05) is 31.0 Å². The van der Waals surface area contributed by atoms with Crippen molar-refractivity contribution in [3.63, 3.8) is 0 Å². The van der Waals surface area contributed by atoms with E-state index in [-0.39, 0.29) is 30.1 Å². The van der Waals surface area contributed by atoms with Crippen molar-refractivity contribution < 1.29 is 18.7 Å². The number of methoxy groups -OCH3 is 1. The molecule has 31 heavy (non-hydrogen) atoms. The summed E-state index contributed by atoms with van der Waals surface area (Å²) in [4.78, 5) is 29.8. The molecule has 5 rings (SSSR count). The molecular weight excluding hydrogens is 415 g/mol. The van der Waals surface area contributed by atoms with Crippen LogP contribution in [0.15, 0.2) is 42.5 Å². The van der Waals surface area contributed by atoms with Crippen molar-refractivity contribution in [3.05, 3.63) is 59.4 Å². The number of ether oxygens (including phenoxy) is 1. The van der Waals surface area contributed by atoms with Crippen molar-refractivity contribution in [1.82, 2.24) is 4.90 Å². The molecule has 2 aromatic carbocycles. The zero-order chi connectivity index (χ0) is 21.6. The molecular formula is C24H25FN2O3S. The maximum Gasteiger partial charge on any atom is 0.268 e. The van der Waals surface area contributed by atoms with Crippen LogP contribution in [0.2, 0.25) is 0 Å². The highest BCUT2D eigenvalue weighted by molar-refractivity contribution is 8.01. The molecule has 0 bridgehead atoms. The Morgan fingerprint density at radius 3 is 2.74 bits per heavy atom. The fourth-order valence-electron chi connectivity index (χ4n) is 5.09. The van der Waals surface area contributed by atoms with Gasteiger partial charge in [-0.2, -0.15) is 0 Å². The van der Waals surface area contributed by atoms with Gasteiger partial charge in [0.2, 0.25) is 5.91 Å². The molecule has 2 amide bonds. The third-order valence-corrected chi connectivity index (χ3v) is 8.08. The van der Waals surface area contributed by atoms with Gasteiger partial charge in [-0.15, -0.1) is 11.8 Å². The zero-order valence-electron chi connectivity index (χ0n) is 17.5. The number of nitrogens with zero attached hydrogens (tertiary/aromatic N) is 2. The molecule has 0 unspecified atom stereocenters. The first-order valence-corrected chi connectivity index (χ1v) is 11.7. The second-order valence-electron chi connectivity index (χ2n) is 8.33. The molecule has 5 nitrogen and oxygen atoms in total. The predicted octanol–water partition coefficient (Wildman–Crippen LogP) is 4.30. The van der Waals surface area contributed by atoms with E-state index in [4.69, 9.17) is 4.74 Å². The number of halogens is 1. The maximum absolute atomic E-state index is 14.4. The summed E-state index contributed by atoms with van der Waals surface area (Å²) >= 11 is 1.50. The van der Waals surface area contributed by atoms with E-state index >= 15 is 0 Å². The number of amides is 2. The van der Waals surface area contributed by atoms with Crippen molar-refractivity contribution in [2.45, 2.75) is 37.1 Å². The SMILES string of the molecule is COc1ccc2c(c1)[C@@]1(SCCN1C(=O)C1CCCC1)C(=O)N2Cc1ccccc1F. The van der Waals surface area contributed by atoms with Gasteiger partial charge in [0, 0.05) is 29.3 Å². The Bertz CT molecular complexity index is 1040. The number of fused-ring (bicyclic) bond motifs is 2. The van der Waals surface area contributed by atoms with Crippen LogP contribution in [0.5, 0.6) is 5.75 Å². The van der Waals surface area contributed by atoms with Crippen LogP contribution >= 0.6 is 11.8 Å². The van der Waals surface area contributed by atoms with Crippen molar-refractivity contribution in [1.29, 1.82) is 0 Å². The van der Waals surface area contributed by atoms with Gasteiger partial charge >= 0.3 is 0 Å². The Balaban J connectivity index is 1.60. The fourth-order valence-corrected chi connectivity index (χ4v) is 6.55. The molecule has 0 radical (unpaired) electrons. The molecule has 2 fully saturated rings. The second-order valence-corrected chi connectivity index (χ2v) is 9.62. The number of hydrogen-bond donors (Lipinski definition) is 0. The third kappa shape index (κ3) is 3.13. The monoisotopic (exact) mass is 440 g/mol. The smallest absolute Gasteiger partial charge is 0.268 e. The molecule has 0 aromatic heterocycles. The molecule has 2 aliphatic heterocycles. The minimum Gasteiger partial charge on any atom is -0.497 e. The minimum absolute atomic E-state index is 0.0157. The van der Waals surface area contributed by atoms with Gasteiger partial charge in [-0.3, -0.25) is 9.59 Å². The number of thioether (sulfide) groups is 1.